The van der Waals surface area contributed by atoms with Crippen molar-refractivity contribution in [3.8, 4) is 11.3 Å². The van der Waals surface area contributed by atoms with Gasteiger partial charge in [-0.15, -0.1) is 0 Å². The van der Waals surface area contributed by atoms with Gasteiger partial charge in [-0.3, -0.25) is 9.55 Å². The second-order valence-corrected chi connectivity index (χ2v) is 5.72. The molecule has 0 aliphatic rings. The van der Waals surface area contributed by atoms with Gasteiger partial charge >= 0.3 is 5.69 Å². The van der Waals surface area contributed by atoms with Crippen LogP contribution in [0.5, 0.6) is 0 Å². The average Bonchev–Trinajstić information content (AvgIpc) is 2.95. The van der Waals surface area contributed by atoms with Gasteiger partial charge in [-0.25, -0.2) is 19.2 Å². The summed E-state index contributed by atoms with van der Waals surface area (Å²) in [6.07, 6.45) is 2.16. The number of H-pyrrole nitrogens is 1. The third-order valence-corrected chi connectivity index (χ3v) is 4.10. The first kappa shape index (κ1) is 15.3. The standard InChI is InChI=1S/C19H15FN4O/c20-15-9-5-4-8-14(15)16-12-21-17-18(22-16)24(19(25)23-17)11-10-13-6-2-1-3-7-13/h1-9,12H,10-11H2,(H,21,23,25). The molecule has 0 spiro atoms. The number of aromatic nitrogens is 4. The van der Waals surface area contributed by atoms with E-state index >= 15 is 0 Å². The second-order valence-electron chi connectivity index (χ2n) is 5.72. The van der Waals surface area contributed by atoms with E-state index in [2.05, 4.69) is 15.0 Å². The highest BCUT2D eigenvalue weighted by molar-refractivity contribution is 5.71. The van der Waals surface area contributed by atoms with Crippen molar-refractivity contribution in [2.75, 3.05) is 0 Å². The van der Waals surface area contributed by atoms with Crippen molar-refractivity contribution in [1.82, 2.24) is 19.5 Å². The minimum Gasteiger partial charge on any atom is -0.289 e. The van der Waals surface area contributed by atoms with Gasteiger partial charge in [0.1, 0.15) is 5.82 Å². The number of rotatable bonds is 4. The number of halogens is 1. The molecule has 5 nitrogen and oxygen atoms in total. The lowest BCUT2D eigenvalue weighted by Gasteiger charge is -2.05. The van der Waals surface area contributed by atoms with E-state index in [1.54, 1.807) is 22.8 Å². The average molecular weight is 334 g/mol. The molecule has 0 bridgehead atoms. The Bertz CT molecular complexity index is 1090. The van der Waals surface area contributed by atoms with Crippen molar-refractivity contribution in [1.29, 1.82) is 0 Å². The number of hydrogen-bond donors (Lipinski definition) is 1. The molecule has 0 radical (unpaired) electrons. The Kier molecular flexibility index (Phi) is 3.85. The molecule has 4 rings (SSSR count). The number of nitrogens with zero attached hydrogens (tertiary/aromatic N) is 3. The summed E-state index contributed by atoms with van der Waals surface area (Å²) in [6.45, 7) is 0.470. The predicted octanol–water partition coefficient (Wildman–Crippen LogP) is 3.17. The molecule has 0 atom stereocenters. The molecule has 1 N–H and O–H groups in total. The minimum absolute atomic E-state index is 0.267. The SMILES string of the molecule is O=c1[nH]c2ncc(-c3ccccc3F)nc2n1CCc1ccccc1. The van der Waals surface area contributed by atoms with Gasteiger partial charge in [-0.2, -0.15) is 0 Å². The summed E-state index contributed by atoms with van der Waals surface area (Å²) in [5, 5.41) is 0. The maximum absolute atomic E-state index is 14.0. The first-order valence-electron chi connectivity index (χ1n) is 7.97. The molecule has 124 valence electrons. The van der Waals surface area contributed by atoms with Crippen molar-refractivity contribution in [2.45, 2.75) is 13.0 Å². The molecule has 6 heteroatoms. The molecule has 0 aliphatic heterocycles. The second kappa shape index (κ2) is 6.32. The van der Waals surface area contributed by atoms with E-state index in [0.29, 0.717) is 35.5 Å². The molecule has 0 aliphatic carbocycles. The smallest absolute Gasteiger partial charge is 0.289 e. The van der Waals surface area contributed by atoms with Crippen molar-refractivity contribution in [3.63, 3.8) is 0 Å². The van der Waals surface area contributed by atoms with Gasteiger partial charge in [0, 0.05) is 12.1 Å². The van der Waals surface area contributed by atoms with E-state index < -0.39 is 0 Å². The summed E-state index contributed by atoms with van der Waals surface area (Å²) in [5.41, 5.74) is 2.46. The van der Waals surface area contributed by atoms with Gasteiger partial charge in [0.15, 0.2) is 11.3 Å². The molecule has 0 saturated carbocycles. The summed E-state index contributed by atoms with van der Waals surface area (Å²) in [5.74, 6) is -0.370. The molecule has 0 fully saturated rings. The summed E-state index contributed by atoms with van der Waals surface area (Å²) in [4.78, 5) is 23.6. The number of aryl methyl sites for hydroxylation is 2. The van der Waals surface area contributed by atoms with E-state index in [4.69, 9.17) is 0 Å². The van der Waals surface area contributed by atoms with Crippen molar-refractivity contribution < 1.29 is 4.39 Å². The number of benzene rings is 2. The molecule has 0 unspecified atom stereocenters. The van der Waals surface area contributed by atoms with Crippen LogP contribution in [0.3, 0.4) is 0 Å². The predicted molar refractivity (Wildman–Crippen MR) is 93.7 cm³/mol. The van der Waals surface area contributed by atoms with Gasteiger partial charge in [0.2, 0.25) is 0 Å². The summed E-state index contributed by atoms with van der Waals surface area (Å²) in [6, 6.07) is 16.3. The van der Waals surface area contributed by atoms with E-state index in [0.717, 1.165) is 5.56 Å². The van der Waals surface area contributed by atoms with Gasteiger partial charge in [-0.1, -0.05) is 42.5 Å². The van der Waals surface area contributed by atoms with Gasteiger partial charge < -0.3 is 0 Å². The molecular weight excluding hydrogens is 319 g/mol. The molecule has 2 heterocycles. The van der Waals surface area contributed by atoms with Crippen molar-refractivity contribution >= 4 is 11.3 Å². The van der Waals surface area contributed by atoms with Crippen molar-refractivity contribution in [2.24, 2.45) is 0 Å². The Hall–Kier alpha value is -3.28. The van der Waals surface area contributed by atoms with Gasteiger partial charge in [-0.05, 0) is 24.1 Å². The fraction of sp³-hybridized carbons (Fsp3) is 0.105. The van der Waals surface area contributed by atoms with Crippen LogP contribution in [0, 0.1) is 5.82 Å². The molecule has 25 heavy (non-hydrogen) atoms. The Balaban J connectivity index is 1.74. The van der Waals surface area contributed by atoms with Crippen LogP contribution in [0.15, 0.2) is 65.6 Å². The zero-order valence-corrected chi connectivity index (χ0v) is 13.3. The lowest BCUT2D eigenvalue weighted by molar-refractivity contribution is 0.630. The highest BCUT2D eigenvalue weighted by Gasteiger charge is 2.13. The summed E-state index contributed by atoms with van der Waals surface area (Å²) in [7, 11) is 0. The highest BCUT2D eigenvalue weighted by atomic mass is 19.1. The first-order chi connectivity index (χ1) is 12.2. The topological polar surface area (TPSA) is 63.6 Å². The van der Waals surface area contributed by atoms with E-state index in [1.807, 2.05) is 30.3 Å². The van der Waals surface area contributed by atoms with Crippen LogP contribution in [0.2, 0.25) is 0 Å². The number of hydrogen-bond acceptors (Lipinski definition) is 3. The van der Waals surface area contributed by atoms with E-state index in [-0.39, 0.29) is 11.5 Å². The summed E-state index contributed by atoms with van der Waals surface area (Å²) < 4.78 is 15.5. The number of aromatic amines is 1. The molecule has 0 amide bonds. The largest absolute Gasteiger partial charge is 0.328 e. The minimum atomic E-state index is -0.370. The van der Waals surface area contributed by atoms with Crippen molar-refractivity contribution in [3.05, 3.63) is 82.7 Å². The first-order valence-corrected chi connectivity index (χ1v) is 7.97. The molecule has 0 saturated heterocycles. The van der Waals surface area contributed by atoms with Gasteiger partial charge in [0.05, 0.1) is 11.9 Å². The van der Waals surface area contributed by atoms with Crippen LogP contribution in [0.1, 0.15) is 5.56 Å². The monoisotopic (exact) mass is 334 g/mol. The molecule has 2 aromatic carbocycles. The Labute approximate surface area is 142 Å². The third-order valence-electron chi connectivity index (χ3n) is 4.10. The fourth-order valence-electron chi connectivity index (χ4n) is 2.81. The van der Waals surface area contributed by atoms with E-state index in [1.165, 1.54) is 12.3 Å². The van der Waals surface area contributed by atoms with Crippen LogP contribution in [-0.2, 0) is 13.0 Å². The maximum Gasteiger partial charge on any atom is 0.328 e. The quantitative estimate of drug-likeness (QED) is 0.623. The van der Waals surface area contributed by atoms with Crippen LogP contribution in [0.4, 0.5) is 4.39 Å². The molecular formula is C19H15FN4O. The van der Waals surface area contributed by atoms with E-state index in [9.17, 15) is 9.18 Å². The van der Waals surface area contributed by atoms with Crippen LogP contribution < -0.4 is 5.69 Å². The Morgan fingerprint density at radius 3 is 2.60 bits per heavy atom. The normalized spacial score (nSPS) is 11.1. The number of fused-ring (bicyclic) bond motifs is 1. The zero-order chi connectivity index (χ0) is 17.2. The summed E-state index contributed by atoms with van der Waals surface area (Å²) >= 11 is 0. The van der Waals surface area contributed by atoms with Crippen LogP contribution in [0.25, 0.3) is 22.6 Å². The maximum atomic E-state index is 14.0. The lowest BCUT2D eigenvalue weighted by Crippen LogP contribution is -2.18. The zero-order valence-electron chi connectivity index (χ0n) is 13.3. The Morgan fingerprint density at radius 1 is 1.04 bits per heavy atom. The third kappa shape index (κ3) is 2.94. The van der Waals surface area contributed by atoms with Crippen LogP contribution in [-0.4, -0.2) is 19.5 Å². The van der Waals surface area contributed by atoms with Gasteiger partial charge in [0.25, 0.3) is 0 Å². The number of imidazole rings is 1. The Morgan fingerprint density at radius 2 is 1.80 bits per heavy atom. The lowest BCUT2D eigenvalue weighted by atomic mass is 10.1. The molecule has 4 aromatic rings. The molecule has 2 aromatic heterocycles. The highest BCUT2D eigenvalue weighted by Crippen LogP contribution is 2.21. The van der Waals surface area contributed by atoms with Crippen LogP contribution >= 0.6 is 0 Å². The fourth-order valence-corrected chi connectivity index (χ4v) is 2.81. The number of nitrogens with one attached hydrogen (secondary N) is 1.